The second-order valence-electron chi connectivity index (χ2n) is 6.44. The maximum atomic E-state index is 12.0. The summed E-state index contributed by atoms with van der Waals surface area (Å²) in [6.45, 7) is 8.04. The largest absolute Gasteiger partial charge is 0.491 e. The van der Waals surface area contributed by atoms with E-state index in [1.54, 1.807) is 27.9 Å². The van der Waals surface area contributed by atoms with Crippen LogP contribution < -0.4 is 10.1 Å². The number of rotatable bonds is 7. The van der Waals surface area contributed by atoms with Gasteiger partial charge in [-0.1, -0.05) is 12.1 Å². The Morgan fingerprint density at radius 1 is 1.36 bits per heavy atom. The van der Waals surface area contributed by atoms with Crippen molar-refractivity contribution in [3.8, 4) is 5.75 Å². The molecule has 1 aromatic rings. The average molecular weight is 308 g/mol. The molecule has 5 nitrogen and oxygen atoms in total. The maximum absolute atomic E-state index is 12.0. The molecule has 0 saturated heterocycles. The van der Waals surface area contributed by atoms with Crippen molar-refractivity contribution >= 4 is 5.91 Å². The van der Waals surface area contributed by atoms with Crippen LogP contribution in [0.1, 0.15) is 25.0 Å². The lowest BCUT2D eigenvalue weighted by molar-refractivity contribution is -0.134. The molecule has 0 bridgehead atoms. The summed E-state index contributed by atoms with van der Waals surface area (Å²) >= 11 is 0. The molecule has 0 saturated carbocycles. The smallest absolute Gasteiger partial charge is 0.241 e. The van der Waals surface area contributed by atoms with E-state index in [2.05, 4.69) is 5.32 Å². The van der Waals surface area contributed by atoms with Crippen LogP contribution in [0.4, 0.5) is 0 Å². The second kappa shape index (κ2) is 7.61. The monoisotopic (exact) mass is 308 g/mol. The summed E-state index contributed by atoms with van der Waals surface area (Å²) in [5.74, 6) is 0.748. The fourth-order valence-electron chi connectivity index (χ4n) is 2.12. The molecule has 5 heteroatoms. The molecule has 0 aliphatic heterocycles. The number of ether oxygens (including phenoxy) is 1. The maximum Gasteiger partial charge on any atom is 0.241 e. The zero-order valence-corrected chi connectivity index (χ0v) is 14.4. The minimum atomic E-state index is -0.719. The van der Waals surface area contributed by atoms with Crippen LogP contribution in [0.25, 0.3) is 0 Å². The Morgan fingerprint density at radius 3 is 2.59 bits per heavy atom. The van der Waals surface area contributed by atoms with Gasteiger partial charge in [-0.05, 0) is 44.9 Å². The highest BCUT2D eigenvalue weighted by molar-refractivity contribution is 5.85. The topological polar surface area (TPSA) is 61.8 Å². The van der Waals surface area contributed by atoms with Gasteiger partial charge in [0.15, 0.2) is 0 Å². The molecule has 0 spiro atoms. The molecule has 1 atom stereocenters. The van der Waals surface area contributed by atoms with Crippen LogP contribution in [-0.4, -0.2) is 54.8 Å². The van der Waals surface area contributed by atoms with Crippen molar-refractivity contribution in [3.05, 3.63) is 29.3 Å². The van der Waals surface area contributed by atoms with Crippen molar-refractivity contribution in [1.82, 2.24) is 10.2 Å². The first-order valence-corrected chi connectivity index (χ1v) is 7.48. The van der Waals surface area contributed by atoms with Gasteiger partial charge in [-0.25, -0.2) is 0 Å². The van der Waals surface area contributed by atoms with E-state index in [1.165, 1.54) is 4.90 Å². The van der Waals surface area contributed by atoms with Crippen molar-refractivity contribution in [2.45, 2.75) is 39.3 Å². The quantitative estimate of drug-likeness (QED) is 0.801. The highest BCUT2D eigenvalue weighted by atomic mass is 16.5. The van der Waals surface area contributed by atoms with Gasteiger partial charge in [-0.3, -0.25) is 4.79 Å². The number of benzene rings is 1. The number of aryl methyl sites for hydroxylation is 2. The lowest BCUT2D eigenvalue weighted by atomic mass is 10.0. The van der Waals surface area contributed by atoms with Gasteiger partial charge in [0.1, 0.15) is 18.5 Å². The number of nitrogens with one attached hydrogen (secondary N) is 1. The molecule has 22 heavy (non-hydrogen) atoms. The number of carbonyl (C=O) groups excluding carboxylic acids is 1. The highest BCUT2D eigenvalue weighted by Gasteiger charge is 2.29. The van der Waals surface area contributed by atoms with Gasteiger partial charge in [0.05, 0.1) is 5.54 Å². The van der Waals surface area contributed by atoms with Gasteiger partial charge in [0.25, 0.3) is 0 Å². The van der Waals surface area contributed by atoms with Gasteiger partial charge >= 0.3 is 0 Å². The second-order valence-corrected chi connectivity index (χ2v) is 6.44. The van der Waals surface area contributed by atoms with Crippen LogP contribution in [0, 0.1) is 13.8 Å². The van der Waals surface area contributed by atoms with E-state index in [0.717, 1.165) is 16.9 Å². The van der Waals surface area contributed by atoms with Gasteiger partial charge in [0, 0.05) is 20.6 Å². The Bertz CT molecular complexity index is 513. The molecule has 0 radical (unpaired) electrons. The minimum absolute atomic E-state index is 0.0323. The number of aliphatic hydroxyl groups excluding tert-OH is 1. The molecule has 1 aromatic carbocycles. The van der Waals surface area contributed by atoms with E-state index in [1.807, 2.05) is 32.0 Å². The van der Waals surface area contributed by atoms with E-state index in [4.69, 9.17) is 4.74 Å². The first-order valence-electron chi connectivity index (χ1n) is 7.48. The summed E-state index contributed by atoms with van der Waals surface area (Å²) in [6, 6.07) is 5.97. The van der Waals surface area contributed by atoms with Crippen molar-refractivity contribution in [2.75, 3.05) is 27.2 Å². The zero-order chi connectivity index (χ0) is 16.9. The van der Waals surface area contributed by atoms with Crippen LogP contribution in [0.5, 0.6) is 5.75 Å². The lowest BCUT2D eigenvalue weighted by Gasteiger charge is -2.29. The Labute approximate surface area is 133 Å². The van der Waals surface area contributed by atoms with E-state index in [9.17, 15) is 9.90 Å². The van der Waals surface area contributed by atoms with Crippen molar-refractivity contribution in [1.29, 1.82) is 0 Å². The summed E-state index contributed by atoms with van der Waals surface area (Å²) in [5, 5.41) is 13.1. The normalized spacial score (nSPS) is 12.9. The van der Waals surface area contributed by atoms with E-state index in [0.29, 0.717) is 0 Å². The number of carbonyl (C=O) groups is 1. The third-order valence-electron chi connectivity index (χ3n) is 3.50. The molecule has 0 aliphatic rings. The molecule has 1 rings (SSSR count). The van der Waals surface area contributed by atoms with E-state index >= 15 is 0 Å². The van der Waals surface area contributed by atoms with Crippen molar-refractivity contribution in [2.24, 2.45) is 0 Å². The third kappa shape index (κ3) is 5.31. The number of hydrogen-bond donors (Lipinski definition) is 2. The predicted molar refractivity (Wildman–Crippen MR) is 88.2 cm³/mol. The first kappa shape index (κ1) is 18.5. The molecule has 1 amide bonds. The number of likely N-dealkylation sites (N-methyl/N-ethyl adjacent to an activating group) is 1. The first-order chi connectivity index (χ1) is 10.1. The number of nitrogens with zero attached hydrogens (tertiary/aromatic N) is 1. The fraction of sp³-hybridized carbons (Fsp3) is 0.588. The molecule has 0 aliphatic carbocycles. The molecule has 1 unspecified atom stereocenters. The standard InChI is InChI=1S/C17H28N2O3/c1-12-7-8-13(2)15(9-12)22-11-14(20)10-18-17(3,4)16(21)19(5)6/h7-9,14,18,20H,10-11H2,1-6H3. The molecule has 0 fully saturated rings. The molecule has 0 aromatic heterocycles. The molecular formula is C17H28N2O3. The van der Waals surface area contributed by atoms with E-state index in [-0.39, 0.29) is 19.1 Å². The Balaban J connectivity index is 2.48. The molecule has 0 heterocycles. The number of hydrogen-bond acceptors (Lipinski definition) is 4. The average Bonchev–Trinajstić information content (AvgIpc) is 2.45. The van der Waals surface area contributed by atoms with Gasteiger partial charge in [-0.2, -0.15) is 0 Å². The van der Waals surface area contributed by atoms with Gasteiger partial charge < -0.3 is 20.1 Å². The van der Waals surface area contributed by atoms with Crippen LogP contribution in [-0.2, 0) is 4.79 Å². The molecule has 124 valence electrons. The molecular weight excluding hydrogens is 280 g/mol. The van der Waals surface area contributed by atoms with Crippen LogP contribution in [0.2, 0.25) is 0 Å². The SMILES string of the molecule is Cc1ccc(C)c(OCC(O)CNC(C)(C)C(=O)N(C)C)c1. The summed E-state index contributed by atoms with van der Waals surface area (Å²) in [5.41, 5.74) is 1.43. The van der Waals surface area contributed by atoms with Crippen molar-refractivity contribution in [3.63, 3.8) is 0 Å². The van der Waals surface area contributed by atoms with Crippen LogP contribution >= 0.6 is 0 Å². The van der Waals surface area contributed by atoms with Crippen LogP contribution in [0.3, 0.4) is 0 Å². The van der Waals surface area contributed by atoms with Crippen LogP contribution in [0.15, 0.2) is 18.2 Å². The summed E-state index contributed by atoms with van der Waals surface area (Å²) in [4.78, 5) is 13.5. The van der Waals surface area contributed by atoms with Crippen molar-refractivity contribution < 1.29 is 14.6 Å². The predicted octanol–water partition coefficient (Wildman–Crippen LogP) is 1.50. The highest BCUT2D eigenvalue weighted by Crippen LogP contribution is 2.19. The Kier molecular flexibility index (Phi) is 6.38. The van der Waals surface area contributed by atoms with Gasteiger partial charge in [0.2, 0.25) is 5.91 Å². The Hall–Kier alpha value is -1.59. The van der Waals surface area contributed by atoms with Gasteiger partial charge in [-0.15, -0.1) is 0 Å². The summed E-state index contributed by atoms with van der Waals surface area (Å²) < 4.78 is 5.67. The third-order valence-corrected chi connectivity index (χ3v) is 3.50. The minimum Gasteiger partial charge on any atom is -0.491 e. The number of aliphatic hydroxyl groups is 1. The lowest BCUT2D eigenvalue weighted by Crippen LogP contribution is -2.54. The molecule has 2 N–H and O–H groups in total. The number of β-amino-alcohol motifs (C(OH)–C–C–N with tert-alkyl or cyclic N) is 1. The zero-order valence-electron chi connectivity index (χ0n) is 14.4. The summed E-state index contributed by atoms with van der Waals surface area (Å²) in [7, 11) is 3.43. The Morgan fingerprint density at radius 2 is 2.00 bits per heavy atom. The number of amides is 1. The van der Waals surface area contributed by atoms with E-state index < -0.39 is 11.6 Å². The summed E-state index contributed by atoms with van der Waals surface area (Å²) in [6.07, 6.45) is -0.686. The fourth-order valence-corrected chi connectivity index (χ4v) is 2.12.